The number of piperazine rings is 1. The van der Waals surface area contributed by atoms with E-state index in [1.165, 1.54) is 16.8 Å². The van der Waals surface area contributed by atoms with E-state index in [1.54, 1.807) is 0 Å². The first kappa shape index (κ1) is 12.5. The summed E-state index contributed by atoms with van der Waals surface area (Å²) >= 11 is 0. The van der Waals surface area contributed by atoms with Crippen molar-refractivity contribution in [3.05, 3.63) is 29.3 Å². The molecule has 1 aromatic carbocycles. The summed E-state index contributed by atoms with van der Waals surface area (Å²) in [5, 5.41) is 0. The molecule has 4 nitrogen and oxygen atoms in total. The summed E-state index contributed by atoms with van der Waals surface area (Å²) in [5.74, 6) is 0.333. The van der Waals surface area contributed by atoms with Crippen LogP contribution in [0.2, 0.25) is 0 Å². The van der Waals surface area contributed by atoms with Gasteiger partial charge in [0, 0.05) is 44.3 Å². The third kappa shape index (κ3) is 2.21. The number of benzene rings is 1. The van der Waals surface area contributed by atoms with Crippen LogP contribution in [0, 0.1) is 6.92 Å². The normalized spacial score (nSPS) is 22.8. The van der Waals surface area contributed by atoms with Gasteiger partial charge in [0.05, 0.1) is 0 Å². The molecule has 0 saturated carbocycles. The van der Waals surface area contributed by atoms with E-state index in [-0.39, 0.29) is 0 Å². The monoisotopic (exact) mass is 259 g/mol. The van der Waals surface area contributed by atoms with Crippen molar-refractivity contribution in [2.24, 2.45) is 5.73 Å². The van der Waals surface area contributed by atoms with E-state index >= 15 is 0 Å². The SMILES string of the molecule is Cc1cc(N2CCN3C(=O)CCC3C2)ccc1CN. The largest absolute Gasteiger partial charge is 0.368 e. The molecule has 102 valence electrons. The zero-order chi connectivity index (χ0) is 13.4. The lowest BCUT2D eigenvalue weighted by atomic mass is 10.1. The van der Waals surface area contributed by atoms with E-state index in [2.05, 4.69) is 34.9 Å². The van der Waals surface area contributed by atoms with Crippen molar-refractivity contribution in [2.45, 2.75) is 32.4 Å². The second-order valence-electron chi connectivity index (χ2n) is 5.54. The van der Waals surface area contributed by atoms with E-state index in [4.69, 9.17) is 5.73 Å². The maximum atomic E-state index is 11.7. The number of aryl methyl sites for hydroxylation is 1. The molecule has 3 rings (SSSR count). The zero-order valence-corrected chi connectivity index (χ0v) is 11.4. The van der Waals surface area contributed by atoms with Gasteiger partial charge in [-0.2, -0.15) is 0 Å². The van der Waals surface area contributed by atoms with Crippen molar-refractivity contribution in [2.75, 3.05) is 24.5 Å². The predicted octanol–water partition coefficient (Wildman–Crippen LogP) is 1.26. The van der Waals surface area contributed by atoms with Crippen LogP contribution in [0.25, 0.3) is 0 Å². The Kier molecular flexibility index (Phi) is 3.19. The number of nitrogens with two attached hydrogens (primary N) is 1. The van der Waals surface area contributed by atoms with Gasteiger partial charge in [0.25, 0.3) is 0 Å². The molecule has 19 heavy (non-hydrogen) atoms. The molecule has 1 atom stereocenters. The van der Waals surface area contributed by atoms with E-state index in [0.29, 0.717) is 18.5 Å². The van der Waals surface area contributed by atoms with Crippen LogP contribution >= 0.6 is 0 Å². The third-order valence-electron chi connectivity index (χ3n) is 4.41. The summed E-state index contributed by atoms with van der Waals surface area (Å²) in [6, 6.07) is 6.91. The van der Waals surface area contributed by atoms with Crippen LogP contribution in [0.1, 0.15) is 24.0 Å². The van der Waals surface area contributed by atoms with Gasteiger partial charge >= 0.3 is 0 Å². The Bertz CT molecular complexity index is 500. The average molecular weight is 259 g/mol. The standard InChI is InChI=1S/C15H21N3O/c1-11-8-13(3-2-12(11)9-16)17-6-7-18-14(10-17)4-5-15(18)19/h2-3,8,14H,4-7,9-10,16H2,1H3. The fourth-order valence-electron chi connectivity index (χ4n) is 3.20. The van der Waals surface area contributed by atoms with Gasteiger partial charge in [-0.05, 0) is 36.6 Å². The number of hydrogen-bond acceptors (Lipinski definition) is 3. The molecule has 4 heteroatoms. The van der Waals surface area contributed by atoms with Gasteiger partial charge in [-0.25, -0.2) is 0 Å². The zero-order valence-electron chi connectivity index (χ0n) is 11.4. The molecule has 2 N–H and O–H groups in total. The molecule has 1 unspecified atom stereocenters. The summed E-state index contributed by atoms with van der Waals surface area (Å²) in [6.45, 7) is 5.47. The minimum absolute atomic E-state index is 0.333. The Balaban J connectivity index is 1.77. The Morgan fingerprint density at radius 2 is 2.21 bits per heavy atom. The van der Waals surface area contributed by atoms with E-state index in [9.17, 15) is 4.79 Å². The highest BCUT2D eigenvalue weighted by atomic mass is 16.2. The summed E-state index contributed by atoms with van der Waals surface area (Å²) < 4.78 is 0. The molecule has 0 radical (unpaired) electrons. The number of carbonyl (C=O) groups is 1. The van der Waals surface area contributed by atoms with Crippen LogP contribution in [0.5, 0.6) is 0 Å². The molecule has 2 aliphatic heterocycles. The number of hydrogen-bond donors (Lipinski definition) is 1. The third-order valence-corrected chi connectivity index (χ3v) is 4.41. The fourth-order valence-corrected chi connectivity index (χ4v) is 3.20. The lowest BCUT2D eigenvalue weighted by Gasteiger charge is -2.39. The number of anilines is 1. The van der Waals surface area contributed by atoms with Gasteiger partial charge < -0.3 is 15.5 Å². The van der Waals surface area contributed by atoms with E-state index in [0.717, 1.165) is 32.5 Å². The Labute approximate surface area is 114 Å². The van der Waals surface area contributed by atoms with Crippen molar-refractivity contribution in [3.8, 4) is 0 Å². The number of nitrogens with zero attached hydrogens (tertiary/aromatic N) is 2. The van der Waals surface area contributed by atoms with E-state index < -0.39 is 0 Å². The minimum Gasteiger partial charge on any atom is -0.368 e. The van der Waals surface area contributed by atoms with Crippen molar-refractivity contribution in [1.29, 1.82) is 0 Å². The molecule has 1 amide bonds. The molecule has 2 saturated heterocycles. The summed E-state index contributed by atoms with van der Waals surface area (Å²) in [6.07, 6.45) is 1.73. The van der Waals surface area contributed by atoms with Crippen LogP contribution in [0.3, 0.4) is 0 Å². The van der Waals surface area contributed by atoms with Gasteiger partial charge in [-0.1, -0.05) is 6.07 Å². The van der Waals surface area contributed by atoms with Gasteiger partial charge in [0.15, 0.2) is 0 Å². The molecular weight excluding hydrogens is 238 g/mol. The molecule has 0 aliphatic carbocycles. The molecule has 0 aromatic heterocycles. The Morgan fingerprint density at radius 3 is 2.95 bits per heavy atom. The lowest BCUT2D eigenvalue weighted by Crippen LogP contribution is -2.51. The average Bonchev–Trinajstić information content (AvgIpc) is 2.80. The van der Waals surface area contributed by atoms with Crippen LogP contribution in [-0.2, 0) is 11.3 Å². The van der Waals surface area contributed by atoms with Gasteiger partial charge in [-0.15, -0.1) is 0 Å². The van der Waals surface area contributed by atoms with Crippen LogP contribution in [0.15, 0.2) is 18.2 Å². The molecular formula is C15H21N3O. The summed E-state index contributed by atoms with van der Waals surface area (Å²) in [7, 11) is 0. The Hall–Kier alpha value is -1.55. The molecule has 0 bridgehead atoms. The number of rotatable bonds is 2. The quantitative estimate of drug-likeness (QED) is 0.870. The van der Waals surface area contributed by atoms with Gasteiger partial charge in [0.1, 0.15) is 0 Å². The van der Waals surface area contributed by atoms with Crippen molar-refractivity contribution < 1.29 is 4.79 Å². The first-order chi connectivity index (χ1) is 9.19. The molecule has 2 aliphatic rings. The molecule has 1 aromatic rings. The molecule has 2 fully saturated rings. The van der Waals surface area contributed by atoms with Crippen LogP contribution < -0.4 is 10.6 Å². The number of fused-ring (bicyclic) bond motifs is 1. The number of carbonyl (C=O) groups excluding carboxylic acids is 1. The first-order valence-corrected chi connectivity index (χ1v) is 7.03. The summed E-state index contributed by atoms with van der Waals surface area (Å²) in [5.41, 5.74) is 9.43. The van der Waals surface area contributed by atoms with Gasteiger partial charge in [0.2, 0.25) is 5.91 Å². The second kappa shape index (κ2) is 4.85. The maximum Gasteiger partial charge on any atom is 0.223 e. The molecule has 0 spiro atoms. The molecule has 2 heterocycles. The van der Waals surface area contributed by atoms with Crippen molar-refractivity contribution in [3.63, 3.8) is 0 Å². The minimum atomic E-state index is 0.333. The highest BCUT2D eigenvalue weighted by molar-refractivity contribution is 5.79. The number of amides is 1. The highest BCUT2D eigenvalue weighted by Gasteiger charge is 2.35. The highest BCUT2D eigenvalue weighted by Crippen LogP contribution is 2.27. The van der Waals surface area contributed by atoms with Crippen LogP contribution in [0.4, 0.5) is 5.69 Å². The smallest absolute Gasteiger partial charge is 0.223 e. The Morgan fingerprint density at radius 1 is 1.37 bits per heavy atom. The second-order valence-corrected chi connectivity index (χ2v) is 5.54. The fraction of sp³-hybridized carbons (Fsp3) is 0.533. The summed E-state index contributed by atoms with van der Waals surface area (Å²) in [4.78, 5) is 16.1. The van der Waals surface area contributed by atoms with E-state index in [1.807, 2.05) is 0 Å². The van der Waals surface area contributed by atoms with Gasteiger partial charge in [-0.3, -0.25) is 4.79 Å². The topological polar surface area (TPSA) is 49.6 Å². The first-order valence-electron chi connectivity index (χ1n) is 7.03. The maximum absolute atomic E-state index is 11.7. The van der Waals surface area contributed by atoms with Crippen molar-refractivity contribution in [1.82, 2.24) is 4.90 Å². The predicted molar refractivity (Wildman–Crippen MR) is 76.0 cm³/mol. The van der Waals surface area contributed by atoms with Crippen LogP contribution in [-0.4, -0.2) is 36.5 Å². The van der Waals surface area contributed by atoms with Crippen molar-refractivity contribution >= 4 is 11.6 Å². The lowest BCUT2D eigenvalue weighted by molar-refractivity contribution is -0.129.